The number of hydrogen-bond acceptors (Lipinski definition) is 7. The molecule has 0 amide bonds. The van der Waals surface area contributed by atoms with Gasteiger partial charge in [-0.25, -0.2) is 0 Å². The third-order valence-corrected chi connectivity index (χ3v) is 10.4. The van der Waals surface area contributed by atoms with Gasteiger partial charge in [0.1, 0.15) is 12.2 Å². The van der Waals surface area contributed by atoms with Gasteiger partial charge in [-0.2, -0.15) is 0 Å². The van der Waals surface area contributed by atoms with Crippen LogP contribution in [0.3, 0.4) is 0 Å². The number of hydrogen-bond donors (Lipinski definition) is 0. The van der Waals surface area contributed by atoms with E-state index in [2.05, 4.69) is 20.8 Å². The summed E-state index contributed by atoms with van der Waals surface area (Å²) in [6.07, 6.45) is 7.29. The molecule has 3 fully saturated rings. The zero-order chi connectivity index (χ0) is 26.4. The van der Waals surface area contributed by atoms with Gasteiger partial charge in [0.15, 0.2) is 5.78 Å². The summed E-state index contributed by atoms with van der Waals surface area (Å²) in [5, 5.41) is 0. The maximum atomic E-state index is 13.5. The Morgan fingerprint density at radius 1 is 1.00 bits per heavy atom. The molecule has 0 aliphatic heterocycles. The van der Waals surface area contributed by atoms with E-state index in [9.17, 15) is 19.2 Å². The lowest BCUT2D eigenvalue weighted by atomic mass is 9.46. The highest BCUT2D eigenvalue weighted by Crippen LogP contribution is 2.67. The van der Waals surface area contributed by atoms with E-state index < -0.39 is 0 Å². The van der Waals surface area contributed by atoms with Gasteiger partial charge in [0.2, 0.25) is 0 Å². The van der Waals surface area contributed by atoms with Crippen LogP contribution in [0, 0.1) is 40.4 Å². The predicted molar refractivity (Wildman–Crippen MR) is 132 cm³/mol. The third-order valence-electron chi connectivity index (χ3n) is 10.4. The number of carbonyl (C=O) groups is 4. The molecule has 0 bridgehead atoms. The summed E-state index contributed by atoms with van der Waals surface area (Å²) in [6, 6.07) is 0. The normalized spacial score (nSPS) is 40.2. The van der Waals surface area contributed by atoms with Gasteiger partial charge in [0, 0.05) is 31.6 Å². The predicted octanol–water partition coefficient (Wildman–Crippen LogP) is 4.81. The van der Waals surface area contributed by atoms with Crippen LogP contribution in [-0.4, -0.2) is 43.0 Å². The van der Waals surface area contributed by atoms with Crippen molar-refractivity contribution in [3.8, 4) is 0 Å². The van der Waals surface area contributed by atoms with Crippen LogP contribution in [0.4, 0.5) is 0 Å². The van der Waals surface area contributed by atoms with Gasteiger partial charge < -0.3 is 14.2 Å². The first kappa shape index (κ1) is 26.9. The van der Waals surface area contributed by atoms with Crippen molar-refractivity contribution in [2.75, 3.05) is 7.11 Å². The van der Waals surface area contributed by atoms with Gasteiger partial charge >= 0.3 is 17.9 Å². The van der Waals surface area contributed by atoms with Crippen molar-refractivity contribution >= 4 is 23.7 Å². The van der Waals surface area contributed by atoms with E-state index in [4.69, 9.17) is 14.2 Å². The van der Waals surface area contributed by atoms with Crippen molar-refractivity contribution < 1.29 is 33.4 Å². The molecule has 0 saturated heterocycles. The van der Waals surface area contributed by atoms with E-state index in [1.165, 1.54) is 26.5 Å². The number of allylic oxidation sites excluding steroid dienone is 2. The second-order valence-corrected chi connectivity index (χ2v) is 12.2. The fourth-order valence-electron chi connectivity index (χ4n) is 8.60. The Bertz CT molecular complexity index is 953. The Morgan fingerprint density at radius 3 is 2.33 bits per heavy atom. The van der Waals surface area contributed by atoms with Crippen molar-refractivity contribution in [3.05, 3.63) is 11.6 Å². The Kier molecular flexibility index (Phi) is 7.42. The Morgan fingerprint density at radius 2 is 1.69 bits per heavy atom. The minimum Gasteiger partial charge on any atom is -0.469 e. The van der Waals surface area contributed by atoms with Crippen molar-refractivity contribution in [2.45, 2.75) is 98.2 Å². The molecule has 36 heavy (non-hydrogen) atoms. The highest BCUT2D eigenvalue weighted by atomic mass is 16.5. The fraction of sp³-hybridized carbons (Fsp3) is 0.793. The number of fused-ring (bicyclic) bond motifs is 5. The molecule has 9 atom stereocenters. The second-order valence-electron chi connectivity index (χ2n) is 12.2. The molecule has 0 N–H and O–H groups in total. The minimum atomic E-state index is -0.301. The largest absolute Gasteiger partial charge is 0.469 e. The van der Waals surface area contributed by atoms with Crippen molar-refractivity contribution in [2.24, 2.45) is 40.4 Å². The molecule has 7 heteroatoms. The van der Waals surface area contributed by atoms with Gasteiger partial charge in [-0.3, -0.25) is 19.2 Å². The average Bonchev–Trinajstić information content (AvgIpc) is 3.17. The lowest BCUT2D eigenvalue weighted by Crippen LogP contribution is -2.57. The number of methoxy groups -OCH3 is 1. The minimum absolute atomic E-state index is 0.149. The van der Waals surface area contributed by atoms with Gasteiger partial charge in [-0.1, -0.05) is 26.3 Å². The molecule has 0 unspecified atom stereocenters. The number of ether oxygens (including phenoxy) is 3. The molecule has 7 nitrogen and oxygen atoms in total. The monoisotopic (exact) mass is 502 g/mol. The van der Waals surface area contributed by atoms with Crippen LogP contribution in [0.15, 0.2) is 11.6 Å². The molecule has 0 aromatic rings. The molecule has 0 aromatic heterocycles. The molecule has 0 radical (unpaired) electrons. The summed E-state index contributed by atoms with van der Waals surface area (Å²) in [5.74, 6) is 0.0424. The van der Waals surface area contributed by atoms with Gasteiger partial charge in [0.25, 0.3) is 0 Å². The first-order valence-corrected chi connectivity index (χ1v) is 13.6. The lowest BCUT2D eigenvalue weighted by Gasteiger charge is -2.59. The summed E-state index contributed by atoms with van der Waals surface area (Å²) < 4.78 is 16.5. The second kappa shape index (κ2) is 9.94. The Balaban J connectivity index is 1.67. The maximum absolute atomic E-state index is 13.5. The summed E-state index contributed by atoms with van der Waals surface area (Å²) in [6.45, 7) is 9.55. The smallest absolute Gasteiger partial charge is 0.305 e. The number of carbonyl (C=O) groups excluding carboxylic acids is 4. The lowest BCUT2D eigenvalue weighted by molar-refractivity contribution is -0.170. The van der Waals surface area contributed by atoms with Gasteiger partial charge in [-0.15, -0.1) is 0 Å². The zero-order valence-electron chi connectivity index (χ0n) is 22.6. The molecule has 0 spiro atoms. The van der Waals surface area contributed by atoms with E-state index in [0.717, 1.165) is 32.1 Å². The topological polar surface area (TPSA) is 96.0 Å². The molecule has 0 heterocycles. The first-order chi connectivity index (χ1) is 16.9. The van der Waals surface area contributed by atoms with E-state index in [0.29, 0.717) is 19.3 Å². The SMILES string of the molecule is COC(=O)CC[C@H](C)[C@@H]1CC[C@@H]2C3=CC(=O)[C@@H]4C[C@H](OC(C)=O)CC[C@]4(C)[C@@H]3C[C@@H](OC(C)=O)[C@]21C. The molecule has 0 aromatic carbocycles. The van der Waals surface area contributed by atoms with Crippen LogP contribution in [0.5, 0.6) is 0 Å². The van der Waals surface area contributed by atoms with Crippen LogP contribution in [-0.2, 0) is 33.4 Å². The molecular formula is C29H42O7. The zero-order valence-corrected chi connectivity index (χ0v) is 22.6. The quantitative estimate of drug-likeness (QED) is 0.380. The molecule has 4 rings (SSSR count). The third kappa shape index (κ3) is 4.51. The summed E-state index contributed by atoms with van der Waals surface area (Å²) in [4.78, 5) is 49.2. The maximum Gasteiger partial charge on any atom is 0.305 e. The van der Waals surface area contributed by atoms with Crippen molar-refractivity contribution in [1.29, 1.82) is 0 Å². The summed E-state index contributed by atoms with van der Waals surface area (Å²) >= 11 is 0. The summed E-state index contributed by atoms with van der Waals surface area (Å²) in [7, 11) is 1.41. The fourth-order valence-corrected chi connectivity index (χ4v) is 8.60. The Hall–Kier alpha value is -2.18. The standard InChI is InChI=1S/C29H42O7/c1-16(7-10-27(33)34-6)21-8-9-22-20-14-25(32)24-13-19(35-17(2)30)11-12-28(24,4)23(20)15-26(29(21,22)5)36-18(3)31/h14,16,19,21-24,26H,7-13,15H2,1-6H3/t16-,19+,21-,22+,23+,24-,26+,28+,29-/m0/s1. The highest BCUT2D eigenvalue weighted by molar-refractivity contribution is 5.94. The first-order valence-electron chi connectivity index (χ1n) is 13.6. The molecule has 3 saturated carbocycles. The molecule has 4 aliphatic rings. The van der Waals surface area contributed by atoms with E-state index >= 15 is 0 Å². The number of ketones is 1. The van der Waals surface area contributed by atoms with E-state index in [1.807, 2.05) is 6.08 Å². The van der Waals surface area contributed by atoms with Crippen molar-refractivity contribution in [1.82, 2.24) is 0 Å². The van der Waals surface area contributed by atoms with E-state index in [-0.39, 0.29) is 76.3 Å². The van der Waals surface area contributed by atoms with Crippen LogP contribution < -0.4 is 0 Å². The summed E-state index contributed by atoms with van der Waals surface area (Å²) in [5.41, 5.74) is 0.701. The van der Waals surface area contributed by atoms with Gasteiger partial charge in [-0.05, 0) is 80.1 Å². The Labute approximate surface area is 214 Å². The van der Waals surface area contributed by atoms with Gasteiger partial charge in [0.05, 0.1) is 7.11 Å². The van der Waals surface area contributed by atoms with Crippen LogP contribution in [0.1, 0.15) is 86.0 Å². The van der Waals surface area contributed by atoms with E-state index in [1.54, 1.807) is 0 Å². The van der Waals surface area contributed by atoms with Crippen LogP contribution in [0.25, 0.3) is 0 Å². The molecule has 200 valence electrons. The number of rotatable bonds is 6. The molecule has 4 aliphatic carbocycles. The van der Waals surface area contributed by atoms with Crippen LogP contribution in [0.2, 0.25) is 0 Å². The average molecular weight is 503 g/mol. The van der Waals surface area contributed by atoms with Crippen molar-refractivity contribution in [3.63, 3.8) is 0 Å². The highest BCUT2D eigenvalue weighted by Gasteiger charge is 2.64. The van der Waals surface area contributed by atoms with Crippen LogP contribution >= 0.6 is 0 Å². The number of esters is 3. The molecular weight excluding hydrogens is 460 g/mol.